The van der Waals surface area contributed by atoms with E-state index in [0.29, 0.717) is 11.8 Å². The third kappa shape index (κ3) is 4.61. The fourth-order valence-corrected chi connectivity index (χ4v) is 4.58. The molecule has 0 amide bonds. The summed E-state index contributed by atoms with van der Waals surface area (Å²) in [6.07, 6.45) is 8.80. The highest BCUT2D eigenvalue weighted by Gasteiger charge is 2.24. The van der Waals surface area contributed by atoms with Gasteiger partial charge in [-0.2, -0.15) is 9.78 Å². The van der Waals surface area contributed by atoms with Crippen LogP contribution in [0.1, 0.15) is 38.5 Å². The predicted octanol–water partition coefficient (Wildman–Crippen LogP) is 4.23. The van der Waals surface area contributed by atoms with E-state index in [1.165, 1.54) is 44.5 Å². The fourth-order valence-electron chi connectivity index (χ4n) is 4.40. The van der Waals surface area contributed by atoms with Crippen LogP contribution in [0.2, 0.25) is 5.02 Å². The molecule has 2 aromatic rings. The van der Waals surface area contributed by atoms with Crippen molar-refractivity contribution in [2.75, 3.05) is 25.0 Å². The Kier molecular flexibility index (Phi) is 6.15. The highest BCUT2D eigenvalue weighted by atomic mass is 35.5. The predicted molar refractivity (Wildman–Crippen MR) is 110 cm³/mol. The topological polar surface area (TPSA) is 50.2 Å². The number of aromatic nitrogens is 2. The number of nitrogens with zero attached hydrogens (tertiary/aromatic N) is 3. The van der Waals surface area contributed by atoms with Gasteiger partial charge in [0.1, 0.15) is 16.5 Å². The maximum absolute atomic E-state index is 14.0. The first-order valence-electron chi connectivity index (χ1n) is 10.2. The Morgan fingerprint density at radius 2 is 1.86 bits per heavy atom. The Morgan fingerprint density at radius 1 is 1.14 bits per heavy atom. The van der Waals surface area contributed by atoms with E-state index < -0.39 is 17.2 Å². The molecule has 1 aromatic heterocycles. The summed E-state index contributed by atoms with van der Waals surface area (Å²) in [6.45, 7) is 3.24. The molecule has 2 aliphatic rings. The third-order valence-electron chi connectivity index (χ3n) is 6.00. The highest BCUT2D eigenvalue weighted by Crippen LogP contribution is 2.27. The van der Waals surface area contributed by atoms with Crippen LogP contribution in [0.5, 0.6) is 0 Å². The molecule has 0 unspecified atom stereocenters. The number of hydrogen-bond acceptors (Lipinski definition) is 4. The molecule has 1 N–H and O–H groups in total. The van der Waals surface area contributed by atoms with Gasteiger partial charge in [0.05, 0.1) is 11.9 Å². The van der Waals surface area contributed by atoms with Crippen LogP contribution < -0.4 is 10.9 Å². The minimum atomic E-state index is -0.869. The largest absolute Gasteiger partial charge is 0.380 e. The van der Waals surface area contributed by atoms with E-state index >= 15 is 0 Å². The molecule has 0 bridgehead atoms. The first-order valence-corrected chi connectivity index (χ1v) is 10.6. The summed E-state index contributed by atoms with van der Waals surface area (Å²) in [7, 11) is 0. The molecule has 1 aliphatic carbocycles. The fraction of sp³-hybridized carbons (Fsp3) is 0.524. The van der Waals surface area contributed by atoms with Crippen LogP contribution in [0.25, 0.3) is 5.69 Å². The smallest absolute Gasteiger partial charge is 0.292 e. The molecule has 1 aliphatic heterocycles. The Hall–Kier alpha value is -1.99. The number of halogens is 3. The van der Waals surface area contributed by atoms with E-state index in [2.05, 4.69) is 15.3 Å². The van der Waals surface area contributed by atoms with Crippen LogP contribution in [0.4, 0.5) is 14.5 Å². The number of hydrogen-bond donors (Lipinski definition) is 1. The van der Waals surface area contributed by atoms with E-state index in [0.717, 1.165) is 42.6 Å². The molecule has 1 saturated carbocycles. The maximum atomic E-state index is 14.0. The standard InChI is InChI=1S/C21H25ClF2N4O/c22-20-18(12-25-28(21(20)29)19-6-5-15(23)11-17(19)24)26-16-7-9-27(10-8-16)13-14-3-1-2-4-14/h5-6,11-12,14,16,26H,1-4,7-10,13H2. The van der Waals surface area contributed by atoms with Gasteiger partial charge in [-0.1, -0.05) is 24.4 Å². The molecule has 1 aromatic carbocycles. The van der Waals surface area contributed by atoms with Crippen molar-refractivity contribution in [3.63, 3.8) is 0 Å². The first kappa shape index (κ1) is 20.3. The van der Waals surface area contributed by atoms with Crippen molar-refractivity contribution in [2.45, 2.75) is 44.6 Å². The van der Waals surface area contributed by atoms with Crippen LogP contribution in [-0.2, 0) is 0 Å². The summed E-state index contributed by atoms with van der Waals surface area (Å²) in [5.74, 6) is -0.744. The average Bonchev–Trinajstić information content (AvgIpc) is 3.21. The lowest BCUT2D eigenvalue weighted by Crippen LogP contribution is -2.41. The Balaban J connectivity index is 1.41. The zero-order chi connectivity index (χ0) is 20.4. The quantitative estimate of drug-likeness (QED) is 0.783. The van der Waals surface area contributed by atoms with Gasteiger partial charge in [-0.25, -0.2) is 8.78 Å². The normalized spacial score (nSPS) is 19.0. The molecule has 0 radical (unpaired) electrons. The Bertz CT molecular complexity index is 921. The minimum Gasteiger partial charge on any atom is -0.380 e. The van der Waals surface area contributed by atoms with Crippen molar-refractivity contribution in [3.8, 4) is 5.69 Å². The minimum absolute atomic E-state index is 0.0443. The van der Waals surface area contributed by atoms with E-state index in [1.54, 1.807) is 0 Å². The molecule has 1 saturated heterocycles. The summed E-state index contributed by atoms with van der Waals surface area (Å²) in [4.78, 5) is 15.1. The summed E-state index contributed by atoms with van der Waals surface area (Å²) >= 11 is 6.25. The second-order valence-corrected chi connectivity index (χ2v) is 8.43. The van der Waals surface area contributed by atoms with Gasteiger partial charge < -0.3 is 10.2 Å². The van der Waals surface area contributed by atoms with Crippen molar-refractivity contribution in [1.29, 1.82) is 0 Å². The van der Waals surface area contributed by atoms with E-state index in [4.69, 9.17) is 11.6 Å². The second-order valence-electron chi connectivity index (χ2n) is 8.05. The number of benzene rings is 1. The lowest BCUT2D eigenvalue weighted by molar-refractivity contribution is 0.189. The van der Waals surface area contributed by atoms with Gasteiger partial charge in [0, 0.05) is 31.7 Å². The van der Waals surface area contributed by atoms with Crippen LogP contribution >= 0.6 is 11.6 Å². The van der Waals surface area contributed by atoms with Gasteiger partial charge in [-0.15, -0.1) is 0 Å². The molecule has 2 fully saturated rings. The van der Waals surface area contributed by atoms with Gasteiger partial charge >= 0.3 is 0 Å². The van der Waals surface area contributed by atoms with Gasteiger partial charge in [0.15, 0.2) is 5.82 Å². The highest BCUT2D eigenvalue weighted by molar-refractivity contribution is 6.33. The lowest BCUT2D eigenvalue weighted by Gasteiger charge is -2.34. The van der Waals surface area contributed by atoms with Crippen molar-refractivity contribution in [2.24, 2.45) is 5.92 Å². The lowest BCUT2D eigenvalue weighted by atomic mass is 10.0. The summed E-state index contributed by atoms with van der Waals surface area (Å²) in [5.41, 5.74) is -0.324. The van der Waals surface area contributed by atoms with Crippen molar-refractivity contribution in [3.05, 3.63) is 51.4 Å². The van der Waals surface area contributed by atoms with Crippen LogP contribution in [-0.4, -0.2) is 40.4 Å². The monoisotopic (exact) mass is 422 g/mol. The first-order chi connectivity index (χ1) is 14.0. The summed E-state index contributed by atoms with van der Waals surface area (Å²) in [5, 5.41) is 7.31. The zero-order valence-electron chi connectivity index (χ0n) is 16.2. The summed E-state index contributed by atoms with van der Waals surface area (Å²) < 4.78 is 28.0. The Labute approximate surface area is 173 Å². The van der Waals surface area contributed by atoms with Gasteiger partial charge in [0.2, 0.25) is 0 Å². The molecule has 8 heteroatoms. The van der Waals surface area contributed by atoms with Gasteiger partial charge in [-0.3, -0.25) is 4.79 Å². The molecular formula is C21H25ClF2N4O. The number of nitrogens with one attached hydrogen (secondary N) is 1. The van der Waals surface area contributed by atoms with Gasteiger partial charge in [0.25, 0.3) is 5.56 Å². The molecule has 0 atom stereocenters. The number of rotatable bonds is 5. The molecule has 29 heavy (non-hydrogen) atoms. The Morgan fingerprint density at radius 3 is 2.55 bits per heavy atom. The van der Waals surface area contributed by atoms with Crippen molar-refractivity contribution in [1.82, 2.24) is 14.7 Å². The number of likely N-dealkylation sites (tertiary alicyclic amines) is 1. The summed E-state index contributed by atoms with van der Waals surface area (Å²) in [6, 6.07) is 3.17. The number of piperidine rings is 1. The van der Waals surface area contributed by atoms with Crippen LogP contribution in [0, 0.1) is 17.6 Å². The second kappa shape index (κ2) is 8.79. The molecular weight excluding hydrogens is 398 g/mol. The number of anilines is 1. The maximum Gasteiger partial charge on any atom is 0.292 e. The molecule has 0 spiro atoms. The zero-order valence-corrected chi connectivity index (χ0v) is 17.0. The SMILES string of the molecule is O=c1c(Cl)c(NC2CCN(CC3CCCC3)CC2)cnn1-c1ccc(F)cc1F. The molecule has 5 nitrogen and oxygen atoms in total. The molecule has 156 valence electrons. The van der Waals surface area contributed by atoms with Crippen molar-refractivity contribution < 1.29 is 8.78 Å². The van der Waals surface area contributed by atoms with Crippen LogP contribution in [0.3, 0.4) is 0 Å². The third-order valence-corrected chi connectivity index (χ3v) is 6.36. The molecule has 2 heterocycles. The van der Waals surface area contributed by atoms with Crippen molar-refractivity contribution >= 4 is 17.3 Å². The van der Waals surface area contributed by atoms with E-state index in [-0.39, 0.29) is 16.8 Å². The molecule has 4 rings (SSSR count). The van der Waals surface area contributed by atoms with Gasteiger partial charge in [-0.05, 0) is 43.7 Å². The average molecular weight is 423 g/mol. The van der Waals surface area contributed by atoms with Crippen LogP contribution in [0.15, 0.2) is 29.2 Å². The van der Waals surface area contributed by atoms with E-state index in [1.807, 2.05) is 0 Å². The van der Waals surface area contributed by atoms with E-state index in [9.17, 15) is 13.6 Å².